The zero-order valence-electron chi connectivity index (χ0n) is 25.1. The van der Waals surface area contributed by atoms with Crippen molar-refractivity contribution in [3.63, 3.8) is 0 Å². The maximum atomic E-state index is 13.8. The molecular formula is C33H41ClFN3O6. The molecule has 2 aromatic carbocycles. The molecule has 0 aromatic heterocycles. The summed E-state index contributed by atoms with van der Waals surface area (Å²) in [4.78, 5) is 51.3. The van der Waals surface area contributed by atoms with E-state index >= 15 is 0 Å². The SMILES string of the molecule is CC(C)(c1cccc(Cl)c1)C(OC(=O)NC(CC1CCCCC1)C(=O)NC(C[C@@H]1CCNC1=O)C(=O)O)c1ccc(F)cc1. The van der Waals surface area contributed by atoms with E-state index in [0.717, 1.165) is 37.7 Å². The minimum Gasteiger partial charge on any atom is -0.480 e. The number of aliphatic carboxylic acids is 1. The van der Waals surface area contributed by atoms with Crippen LogP contribution in [0.5, 0.6) is 0 Å². The Morgan fingerprint density at radius 1 is 1.02 bits per heavy atom. The fourth-order valence-electron chi connectivity index (χ4n) is 6.23. The second kappa shape index (κ2) is 14.9. The van der Waals surface area contributed by atoms with Gasteiger partial charge in [-0.3, -0.25) is 9.59 Å². The van der Waals surface area contributed by atoms with Crippen LogP contribution in [0.25, 0.3) is 0 Å². The Bertz CT molecular complexity index is 1330. The van der Waals surface area contributed by atoms with Gasteiger partial charge in [-0.25, -0.2) is 14.0 Å². The summed E-state index contributed by atoms with van der Waals surface area (Å²) in [7, 11) is 0. The highest BCUT2D eigenvalue weighted by Gasteiger charge is 2.38. The van der Waals surface area contributed by atoms with Crippen molar-refractivity contribution in [1.82, 2.24) is 16.0 Å². The number of alkyl carbamates (subject to hydrolysis) is 1. The van der Waals surface area contributed by atoms with Gasteiger partial charge in [-0.2, -0.15) is 0 Å². The number of ether oxygens (including phenoxy) is 1. The molecule has 1 aliphatic carbocycles. The summed E-state index contributed by atoms with van der Waals surface area (Å²) < 4.78 is 19.8. The molecule has 44 heavy (non-hydrogen) atoms. The van der Waals surface area contributed by atoms with Gasteiger partial charge >= 0.3 is 12.1 Å². The normalized spacial score (nSPS) is 19.4. The number of carbonyl (C=O) groups excluding carboxylic acids is 3. The van der Waals surface area contributed by atoms with Crippen molar-refractivity contribution in [1.29, 1.82) is 0 Å². The van der Waals surface area contributed by atoms with Crippen molar-refractivity contribution in [3.05, 3.63) is 70.5 Å². The molecule has 3 unspecified atom stereocenters. The van der Waals surface area contributed by atoms with E-state index in [1.54, 1.807) is 30.3 Å². The zero-order chi connectivity index (χ0) is 31.9. The first kappa shape index (κ1) is 33.2. The highest BCUT2D eigenvalue weighted by molar-refractivity contribution is 6.30. The van der Waals surface area contributed by atoms with Gasteiger partial charge in [0.15, 0.2) is 0 Å². The van der Waals surface area contributed by atoms with Crippen LogP contribution in [0.2, 0.25) is 5.02 Å². The van der Waals surface area contributed by atoms with Crippen molar-refractivity contribution in [2.45, 2.75) is 88.8 Å². The summed E-state index contributed by atoms with van der Waals surface area (Å²) in [6.07, 6.45) is 3.91. The van der Waals surface area contributed by atoms with Crippen LogP contribution in [-0.4, -0.2) is 47.6 Å². The van der Waals surface area contributed by atoms with E-state index in [1.165, 1.54) is 12.1 Å². The molecule has 4 rings (SSSR count). The average Bonchev–Trinajstić information content (AvgIpc) is 3.40. The molecular weight excluding hydrogens is 589 g/mol. The molecule has 2 aliphatic rings. The van der Waals surface area contributed by atoms with Gasteiger partial charge in [0.1, 0.15) is 24.0 Å². The van der Waals surface area contributed by atoms with Crippen LogP contribution in [0.15, 0.2) is 48.5 Å². The van der Waals surface area contributed by atoms with E-state index in [1.807, 2.05) is 19.9 Å². The van der Waals surface area contributed by atoms with Gasteiger partial charge in [0.2, 0.25) is 11.8 Å². The van der Waals surface area contributed by atoms with E-state index in [2.05, 4.69) is 16.0 Å². The lowest BCUT2D eigenvalue weighted by Gasteiger charge is -2.35. The average molecular weight is 630 g/mol. The van der Waals surface area contributed by atoms with E-state index < -0.39 is 53.3 Å². The Morgan fingerprint density at radius 2 is 1.73 bits per heavy atom. The molecule has 2 aromatic rings. The summed E-state index contributed by atoms with van der Waals surface area (Å²) in [5.41, 5.74) is 0.502. The van der Waals surface area contributed by atoms with Gasteiger partial charge in [0.25, 0.3) is 0 Å². The quantitative estimate of drug-likeness (QED) is 0.239. The lowest BCUT2D eigenvalue weighted by atomic mass is 9.76. The summed E-state index contributed by atoms with van der Waals surface area (Å²) in [6.45, 7) is 4.22. The van der Waals surface area contributed by atoms with Gasteiger partial charge < -0.3 is 25.8 Å². The number of carboxylic acid groups (broad SMARTS) is 1. The molecule has 238 valence electrons. The molecule has 0 radical (unpaired) electrons. The number of carboxylic acids is 1. The van der Waals surface area contributed by atoms with E-state index in [4.69, 9.17) is 16.3 Å². The van der Waals surface area contributed by atoms with E-state index in [0.29, 0.717) is 30.0 Å². The number of hydrogen-bond donors (Lipinski definition) is 4. The third-order valence-corrected chi connectivity index (χ3v) is 9.06. The standard InChI is InChI=1S/C33H41ClFN3O6/c1-33(2,23-9-6-10-24(34)19-23)28(21-11-13-25(35)14-12-21)44-32(43)38-26(17-20-7-4-3-5-8-20)30(40)37-27(31(41)42)18-22-15-16-36-29(22)39/h6,9-14,19-20,22,26-28H,3-5,7-8,15-18H2,1-2H3,(H,36,39)(H,37,40)(H,38,43)(H,41,42)/t22-,26?,27?,28?/m0/s1. The second-order valence-corrected chi connectivity index (χ2v) is 12.9. The molecule has 9 nitrogen and oxygen atoms in total. The van der Waals surface area contributed by atoms with Crippen molar-refractivity contribution in [2.75, 3.05) is 6.54 Å². The first-order valence-corrected chi connectivity index (χ1v) is 15.6. The fraction of sp³-hybridized carbons (Fsp3) is 0.515. The number of hydrogen-bond acceptors (Lipinski definition) is 5. The second-order valence-electron chi connectivity index (χ2n) is 12.4. The maximum absolute atomic E-state index is 13.8. The third kappa shape index (κ3) is 8.71. The lowest BCUT2D eigenvalue weighted by Crippen LogP contribution is -2.53. The number of amides is 3. The topological polar surface area (TPSA) is 134 Å². The van der Waals surface area contributed by atoms with Gasteiger partial charge in [-0.15, -0.1) is 0 Å². The number of carbonyl (C=O) groups is 4. The predicted molar refractivity (Wildman–Crippen MR) is 164 cm³/mol. The van der Waals surface area contributed by atoms with E-state index in [-0.39, 0.29) is 18.2 Å². The molecule has 4 atom stereocenters. The van der Waals surface area contributed by atoms with Crippen LogP contribution in [0.4, 0.5) is 9.18 Å². The van der Waals surface area contributed by atoms with Crippen LogP contribution in [0, 0.1) is 17.7 Å². The van der Waals surface area contributed by atoms with Crippen molar-refractivity contribution in [2.24, 2.45) is 11.8 Å². The number of benzene rings is 2. The van der Waals surface area contributed by atoms with Gasteiger partial charge in [-0.05, 0) is 60.6 Å². The lowest BCUT2D eigenvalue weighted by molar-refractivity contribution is -0.143. The number of rotatable bonds is 12. The first-order valence-electron chi connectivity index (χ1n) is 15.2. The summed E-state index contributed by atoms with van der Waals surface area (Å²) in [5, 5.41) is 18.3. The Kier molecular flexibility index (Phi) is 11.2. The molecule has 1 saturated carbocycles. The molecule has 1 heterocycles. The Balaban J connectivity index is 1.55. The number of halogens is 2. The van der Waals surface area contributed by atoms with Crippen LogP contribution in [0.1, 0.15) is 82.4 Å². The smallest absolute Gasteiger partial charge is 0.408 e. The van der Waals surface area contributed by atoms with Crippen molar-refractivity contribution in [3.8, 4) is 0 Å². The Morgan fingerprint density at radius 3 is 2.34 bits per heavy atom. The molecule has 1 aliphatic heterocycles. The minimum absolute atomic E-state index is 0.0477. The number of nitrogens with one attached hydrogen (secondary N) is 3. The van der Waals surface area contributed by atoms with Crippen LogP contribution < -0.4 is 16.0 Å². The fourth-order valence-corrected chi connectivity index (χ4v) is 6.42. The minimum atomic E-state index is -1.29. The third-order valence-electron chi connectivity index (χ3n) is 8.82. The molecule has 0 spiro atoms. The molecule has 3 amide bonds. The molecule has 11 heteroatoms. The first-order chi connectivity index (χ1) is 20.9. The van der Waals surface area contributed by atoms with Gasteiger partial charge in [0.05, 0.1) is 0 Å². The monoisotopic (exact) mass is 629 g/mol. The predicted octanol–water partition coefficient (Wildman–Crippen LogP) is 5.66. The highest BCUT2D eigenvalue weighted by Crippen LogP contribution is 2.40. The molecule has 0 bridgehead atoms. The van der Waals surface area contributed by atoms with Crippen molar-refractivity contribution < 1.29 is 33.4 Å². The Hall–Kier alpha value is -3.66. The van der Waals surface area contributed by atoms with Crippen LogP contribution in [0.3, 0.4) is 0 Å². The van der Waals surface area contributed by atoms with Gasteiger partial charge in [0, 0.05) is 22.9 Å². The van der Waals surface area contributed by atoms with Crippen LogP contribution in [-0.2, 0) is 24.5 Å². The van der Waals surface area contributed by atoms with Crippen molar-refractivity contribution >= 4 is 35.5 Å². The van der Waals surface area contributed by atoms with E-state index in [9.17, 15) is 28.7 Å². The molecule has 1 saturated heterocycles. The largest absolute Gasteiger partial charge is 0.480 e. The summed E-state index contributed by atoms with van der Waals surface area (Å²) in [5.74, 6) is -2.93. The maximum Gasteiger partial charge on any atom is 0.408 e. The zero-order valence-corrected chi connectivity index (χ0v) is 25.9. The Labute approximate surface area is 262 Å². The van der Waals surface area contributed by atoms with Crippen LogP contribution >= 0.6 is 11.6 Å². The van der Waals surface area contributed by atoms with Gasteiger partial charge in [-0.1, -0.05) is 81.8 Å². The molecule has 2 fully saturated rings. The molecule has 4 N–H and O–H groups in total. The summed E-state index contributed by atoms with van der Waals surface area (Å²) in [6, 6.07) is 10.5. The summed E-state index contributed by atoms with van der Waals surface area (Å²) >= 11 is 6.27. The highest BCUT2D eigenvalue weighted by atomic mass is 35.5.